The van der Waals surface area contributed by atoms with Gasteiger partial charge in [0.25, 0.3) is 0 Å². The smallest absolute Gasteiger partial charge is 0.229 e. The molecule has 0 aliphatic carbocycles. The second kappa shape index (κ2) is 5.91. The van der Waals surface area contributed by atoms with Gasteiger partial charge in [0.1, 0.15) is 0 Å². The van der Waals surface area contributed by atoms with Crippen LogP contribution < -0.4 is 10.0 Å². The fourth-order valence-corrected chi connectivity index (χ4v) is 2.72. The van der Waals surface area contributed by atoms with E-state index < -0.39 is 10.0 Å². The summed E-state index contributed by atoms with van der Waals surface area (Å²) in [6.07, 6.45) is 1.10. The quantitative estimate of drug-likeness (QED) is 0.886. The molecule has 2 aromatic carbocycles. The van der Waals surface area contributed by atoms with Crippen molar-refractivity contribution in [1.29, 1.82) is 0 Å². The summed E-state index contributed by atoms with van der Waals surface area (Å²) < 4.78 is 24.6. The molecule has 0 saturated carbocycles. The van der Waals surface area contributed by atoms with Gasteiger partial charge < -0.3 is 5.32 Å². The highest BCUT2D eigenvalue weighted by atomic mass is 35.5. The molecule has 0 fully saturated rings. The average Bonchev–Trinajstić information content (AvgIpc) is 2.28. The first-order valence-corrected chi connectivity index (χ1v) is 8.27. The lowest BCUT2D eigenvalue weighted by Gasteiger charge is -2.09. The maximum Gasteiger partial charge on any atom is 0.229 e. The topological polar surface area (TPSA) is 58.2 Å². The molecule has 106 valence electrons. The molecule has 0 spiro atoms. The van der Waals surface area contributed by atoms with Gasteiger partial charge in [-0.3, -0.25) is 4.72 Å². The third-order valence-corrected chi connectivity index (χ3v) is 3.38. The number of rotatable bonds is 4. The first-order chi connectivity index (χ1) is 9.32. The summed E-state index contributed by atoms with van der Waals surface area (Å²) in [7, 11) is -3.27. The molecule has 0 heterocycles. The zero-order valence-electron chi connectivity index (χ0n) is 10.5. The van der Waals surface area contributed by atoms with Gasteiger partial charge >= 0.3 is 0 Å². The molecule has 2 aromatic rings. The lowest BCUT2D eigenvalue weighted by Crippen LogP contribution is -2.09. The lowest BCUT2D eigenvalue weighted by atomic mass is 10.2. The number of hydrogen-bond acceptors (Lipinski definition) is 3. The summed E-state index contributed by atoms with van der Waals surface area (Å²) in [6, 6.07) is 12.0. The van der Waals surface area contributed by atoms with Crippen molar-refractivity contribution in [3.63, 3.8) is 0 Å². The SMILES string of the molecule is CS(=O)(=O)Nc1ccc(Nc2cc(Cl)cc(Cl)c2)cc1. The van der Waals surface area contributed by atoms with Gasteiger partial charge in [-0.25, -0.2) is 8.42 Å². The summed E-state index contributed by atoms with van der Waals surface area (Å²) in [5, 5.41) is 4.20. The van der Waals surface area contributed by atoms with Gasteiger partial charge in [0.05, 0.1) is 6.26 Å². The van der Waals surface area contributed by atoms with E-state index in [0.717, 1.165) is 17.6 Å². The number of anilines is 3. The predicted molar refractivity (Wildman–Crippen MR) is 84.7 cm³/mol. The molecule has 7 heteroatoms. The van der Waals surface area contributed by atoms with Crippen LogP contribution in [0.25, 0.3) is 0 Å². The molecule has 0 aromatic heterocycles. The summed E-state index contributed by atoms with van der Waals surface area (Å²) in [5.41, 5.74) is 2.05. The van der Waals surface area contributed by atoms with Crippen LogP contribution in [0, 0.1) is 0 Å². The molecule has 0 aliphatic rings. The van der Waals surface area contributed by atoms with Gasteiger partial charge in [0, 0.05) is 27.1 Å². The molecule has 0 bridgehead atoms. The number of benzene rings is 2. The molecular formula is C13H12Cl2N2O2S. The van der Waals surface area contributed by atoms with E-state index in [1.165, 1.54) is 0 Å². The third-order valence-electron chi connectivity index (χ3n) is 2.34. The fraction of sp³-hybridized carbons (Fsp3) is 0.0769. The molecular weight excluding hydrogens is 319 g/mol. The van der Waals surface area contributed by atoms with E-state index in [-0.39, 0.29) is 0 Å². The minimum absolute atomic E-state index is 0.502. The van der Waals surface area contributed by atoms with Crippen molar-refractivity contribution in [3.8, 4) is 0 Å². The molecule has 0 aliphatic heterocycles. The van der Waals surface area contributed by atoms with E-state index in [0.29, 0.717) is 15.7 Å². The highest BCUT2D eigenvalue weighted by molar-refractivity contribution is 7.92. The molecule has 2 N–H and O–H groups in total. The Hall–Kier alpha value is -1.43. The standard InChI is InChI=1S/C13H12Cl2N2O2S/c1-20(18,19)17-12-4-2-11(3-5-12)16-13-7-9(14)6-10(15)8-13/h2-8,16-17H,1H3. The summed E-state index contributed by atoms with van der Waals surface area (Å²) in [4.78, 5) is 0. The van der Waals surface area contributed by atoms with Crippen molar-refractivity contribution in [2.75, 3.05) is 16.3 Å². The Kier molecular flexibility index (Phi) is 4.42. The molecule has 0 amide bonds. The molecule has 4 nitrogen and oxygen atoms in total. The van der Waals surface area contributed by atoms with E-state index in [2.05, 4.69) is 10.0 Å². The Bertz CT molecular complexity index is 695. The Balaban J connectivity index is 2.14. The normalized spacial score (nSPS) is 11.2. The van der Waals surface area contributed by atoms with Crippen LogP contribution >= 0.6 is 23.2 Å². The van der Waals surface area contributed by atoms with Gasteiger partial charge in [-0.15, -0.1) is 0 Å². The molecule has 0 radical (unpaired) electrons. The van der Waals surface area contributed by atoms with E-state index in [9.17, 15) is 8.42 Å². The fourth-order valence-electron chi connectivity index (χ4n) is 1.63. The van der Waals surface area contributed by atoms with Gasteiger partial charge in [0.2, 0.25) is 10.0 Å². The van der Waals surface area contributed by atoms with Gasteiger partial charge in [-0.2, -0.15) is 0 Å². The van der Waals surface area contributed by atoms with Crippen LogP contribution in [0.3, 0.4) is 0 Å². The van der Waals surface area contributed by atoms with Crippen molar-refractivity contribution in [1.82, 2.24) is 0 Å². The predicted octanol–water partition coefficient (Wildman–Crippen LogP) is 4.11. The Morgan fingerprint density at radius 3 is 1.85 bits per heavy atom. The largest absolute Gasteiger partial charge is 0.355 e. The molecule has 2 rings (SSSR count). The minimum atomic E-state index is -3.27. The van der Waals surface area contributed by atoms with Crippen molar-refractivity contribution in [3.05, 3.63) is 52.5 Å². The van der Waals surface area contributed by atoms with Gasteiger partial charge in [-0.05, 0) is 42.5 Å². The van der Waals surface area contributed by atoms with E-state index in [1.54, 1.807) is 42.5 Å². The maximum absolute atomic E-state index is 11.1. The lowest BCUT2D eigenvalue weighted by molar-refractivity contribution is 0.607. The zero-order valence-corrected chi connectivity index (χ0v) is 12.9. The van der Waals surface area contributed by atoms with Gasteiger partial charge in [0.15, 0.2) is 0 Å². The number of halogens is 2. The van der Waals surface area contributed by atoms with E-state index in [4.69, 9.17) is 23.2 Å². The number of hydrogen-bond donors (Lipinski definition) is 2. The Morgan fingerprint density at radius 1 is 0.850 bits per heavy atom. The third kappa shape index (κ3) is 4.59. The second-order valence-electron chi connectivity index (χ2n) is 4.23. The summed E-state index contributed by atoms with van der Waals surface area (Å²) >= 11 is 11.8. The van der Waals surface area contributed by atoms with Crippen molar-refractivity contribution in [2.45, 2.75) is 0 Å². The first-order valence-electron chi connectivity index (χ1n) is 5.63. The van der Waals surface area contributed by atoms with Crippen molar-refractivity contribution >= 4 is 50.3 Å². The van der Waals surface area contributed by atoms with E-state index >= 15 is 0 Å². The number of nitrogens with one attached hydrogen (secondary N) is 2. The number of sulfonamides is 1. The minimum Gasteiger partial charge on any atom is -0.355 e. The summed E-state index contributed by atoms with van der Waals surface area (Å²) in [5.74, 6) is 0. The molecule has 20 heavy (non-hydrogen) atoms. The van der Waals surface area contributed by atoms with Crippen LogP contribution in [-0.4, -0.2) is 14.7 Å². The van der Waals surface area contributed by atoms with Crippen LogP contribution in [0.4, 0.5) is 17.1 Å². The Morgan fingerprint density at radius 2 is 1.35 bits per heavy atom. The molecule has 0 atom stereocenters. The highest BCUT2D eigenvalue weighted by Crippen LogP contribution is 2.25. The van der Waals surface area contributed by atoms with E-state index in [1.807, 2.05) is 0 Å². The van der Waals surface area contributed by atoms with Gasteiger partial charge in [-0.1, -0.05) is 23.2 Å². The van der Waals surface area contributed by atoms with Crippen LogP contribution in [0.1, 0.15) is 0 Å². The van der Waals surface area contributed by atoms with Crippen LogP contribution in [-0.2, 0) is 10.0 Å². The zero-order chi connectivity index (χ0) is 14.8. The Labute approximate surface area is 127 Å². The average molecular weight is 331 g/mol. The summed E-state index contributed by atoms with van der Waals surface area (Å²) in [6.45, 7) is 0. The van der Waals surface area contributed by atoms with Crippen molar-refractivity contribution in [2.24, 2.45) is 0 Å². The molecule has 0 unspecified atom stereocenters. The maximum atomic E-state index is 11.1. The van der Waals surface area contributed by atoms with Crippen LogP contribution in [0.15, 0.2) is 42.5 Å². The monoisotopic (exact) mass is 330 g/mol. The second-order valence-corrected chi connectivity index (χ2v) is 6.86. The first kappa shape index (κ1) is 15.0. The molecule has 0 saturated heterocycles. The highest BCUT2D eigenvalue weighted by Gasteiger charge is 2.02. The van der Waals surface area contributed by atoms with Crippen LogP contribution in [0.2, 0.25) is 10.0 Å². The van der Waals surface area contributed by atoms with Crippen LogP contribution in [0.5, 0.6) is 0 Å². The van der Waals surface area contributed by atoms with Crippen molar-refractivity contribution < 1.29 is 8.42 Å².